The van der Waals surface area contributed by atoms with Crippen LogP contribution in [0.2, 0.25) is 0 Å². The van der Waals surface area contributed by atoms with Gasteiger partial charge in [0.2, 0.25) is 0 Å². The maximum Gasteiger partial charge on any atom is 0.341 e. The molecule has 0 unspecified atom stereocenters. The van der Waals surface area contributed by atoms with Crippen molar-refractivity contribution >= 4 is 17.5 Å². The summed E-state index contributed by atoms with van der Waals surface area (Å²) in [6, 6.07) is 9.17. The van der Waals surface area contributed by atoms with Crippen molar-refractivity contribution in [2.75, 3.05) is 11.4 Å². The van der Waals surface area contributed by atoms with Crippen LogP contribution >= 0.6 is 0 Å². The molecule has 6 nitrogen and oxygen atoms in total. The van der Waals surface area contributed by atoms with Gasteiger partial charge in [-0.2, -0.15) is 5.10 Å². The number of H-pyrrole nitrogens is 1. The third-order valence-corrected chi connectivity index (χ3v) is 3.18. The van der Waals surface area contributed by atoms with Crippen LogP contribution in [0.5, 0.6) is 0 Å². The lowest BCUT2D eigenvalue weighted by atomic mass is 10.2. The summed E-state index contributed by atoms with van der Waals surface area (Å²) in [7, 11) is 0. The van der Waals surface area contributed by atoms with Gasteiger partial charge in [-0.05, 0) is 18.1 Å². The predicted molar refractivity (Wildman–Crippen MR) is 69.0 cm³/mol. The van der Waals surface area contributed by atoms with Crippen LogP contribution in [0.15, 0.2) is 35.1 Å². The lowest BCUT2D eigenvalue weighted by Gasteiger charge is -2.17. The van der Waals surface area contributed by atoms with Crippen molar-refractivity contribution in [3.63, 3.8) is 0 Å². The predicted octanol–water partition coefficient (Wildman–Crippen LogP) is 1.16. The number of nitrogens with one attached hydrogen (secondary N) is 1. The summed E-state index contributed by atoms with van der Waals surface area (Å²) >= 11 is 0. The van der Waals surface area contributed by atoms with Crippen LogP contribution in [-0.2, 0) is 6.42 Å². The Morgan fingerprint density at radius 1 is 1.37 bits per heavy atom. The minimum atomic E-state index is -1.25. The fourth-order valence-electron chi connectivity index (χ4n) is 2.27. The van der Waals surface area contributed by atoms with E-state index in [1.165, 1.54) is 11.6 Å². The van der Waals surface area contributed by atoms with Crippen LogP contribution < -0.4 is 10.5 Å². The van der Waals surface area contributed by atoms with Crippen LogP contribution in [0, 0.1) is 0 Å². The minimum Gasteiger partial charge on any atom is -0.477 e. The highest BCUT2D eigenvalue weighted by molar-refractivity contribution is 5.88. The SMILES string of the molecule is O=C(O)c1cc(N2CCc3ccccc32)n[nH]c1=O. The fraction of sp³-hybridized carbons (Fsp3) is 0.154. The number of carboxylic acid groups (broad SMARTS) is 1. The number of aromatic carboxylic acids is 1. The van der Waals surface area contributed by atoms with Crippen LogP contribution in [0.3, 0.4) is 0 Å². The number of fused-ring (bicyclic) bond motifs is 1. The number of rotatable bonds is 2. The van der Waals surface area contributed by atoms with Crippen molar-refractivity contribution < 1.29 is 9.90 Å². The molecule has 2 N–H and O–H groups in total. The van der Waals surface area contributed by atoms with Gasteiger partial charge in [-0.1, -0.05) is 18.2 Å². The van der Waals surface area contributed by atoms with Crippen molar-refractivity contribution in [3.05, 3.63) is 51.8 Å². The van der Waals surface area contributed by atoms with E-state index in [1.54, 1.807) is 0 Å². The van der Waals surface area contributed by atoms with E-state index in [0.29, 0.717) is 5.82 Å². The lowest BCUT2D eigenvalue weighted by Crippen LogP contribution is -2.23. The Balaban J connectivity index is 2.07. The molecule has 1 aromatic carbocycles. The van der Waals surface area contributed by atoms with E-state index < -0.39 is 11.5 Å². The van der Waals surface area contributed by atoms with Crippen LogP contribution in [-0.4, -0.2) is 27.8 Å². The van der Waals surface area contributed by atoms with Gasteiger partial charge in [-0.25, -0.2) is 9.89 Å². The smallest absolute Gasteiger partial charge is 0.341 e. The number of aromatic nitrogens is 2. The second kappa shape index (κ2) is 4.24. The first-order valence-corrected chi connectivity index (χ1v) is 5.85. The zero-order valence-corrected chi connectivity index (χ0v) is 9.96. The molecule has 0 saturated heterocycles. The maximum absolute atomic E-state index is 11.4. The van der Waals surface area contributed by atoms with Crippen molar-refractivity contribution in [3.8, 4) is 0 Å². The Bertz CT molecular complexity index is 708. The number of hydrogen-bond donors (Lipinski definition) is 2. The molecule has 1 aliphatic rings. The normalized spacial score (nSPS) is 13.4. The van der Waals surface area contributed by atoms with Gasteiger partial charge in [-0.3, -0.25) is 4.79 Å². The third-order valence-electron chi connectivity index (χ3n) is 3.18. The highest BCUT2D eigenvalue weighted by Crippen LogP contribution is 2.32. The summed E-state index contributed by atoms with van der Waals surface area (Å²) in [6.45, 7) is 0.720. The number of carbonyl (C=O) groups is 1. The van der Waals surface area contributed by atoms with Gasteiger partial charge in [0.1, 0.15) is 5.56 Å². The van der Waals surface area contributed by atoms with Crippen molar-refractivity contribution in [1.29, 1.82) is 0 Å². The molecule has 1 aromatic heterocycles. The van der Waals surface area contributed by atoms with E-state index in [2.05, 4.69) is 10.2 Å². The number of hydrogen-bond acceptors (Lipinski definition) is 4. The number of carboxylic acids is 1. The summed E-state index contributed by atoms with van der Waals surface area (Å²) in [6.07, 6.45) is 0.874. The van der Waals surface area contributed by atoms with Gasteiger partial charge in [-0.15, -0.1) is 0 Å². The molecule has 2 heterocycles. The average molecular weight is 257 g/mol. The standard InChI is InChI=1S/C13H11N3O3/c17-12-9(13(18)19)7-11(14-15-12)16-6-5-8-3-1-2-4-10(8)16/h1-4,7H,5-6H2,(H,15,17)(H,18,19). The monoisotopic (exact) mass is 257 g/mol. The highest BCUT2D eigenvalue weighted by Gasteiger charge is 2.22. The van der Waals surface area contributed by atoms with Crippen molar-refractivity contribution in [2.45, 2.75) is 6.42 Å². The Kier molecular flexibility index (Phi) is 2.56. The molecule has 0 fully saturated rings. The van der Waals surface area contributed by atoms with Crippen LogP contribution in [0.1, 0.15) is 15.9 Å². The summed E-state index contributed by atoms with van der Waals surface area (Å²) in [4.78, 5) is 24.2. The van der Waals surface area contributed by atoms with Crippen molar-refractivity contribution in [2.24, 2.45) is 0 Å². The number of para-hydroxylation sites is 1. The number of nitrogens with zero attached hydrogens (tertiary/aromatic N) is 2. The molecule has 1 aliphatic heterocycles. The van der Waals surface area contributed by atoms with Gasteiger partial charge in [0.15, 0.2) is 5.82 Å². The number of benzene rings is 1. The summed E-state index contributed by atoms with van der Waals surface area (Å²) in [5.41, 5.74) is 1.20. The quantitative estimate of drug-likeness (QED) is 0.843. The molecule has 96 valence electrons. The van der Waals surface area contributed by atoms with Gasteiger partial charge < -0.3 is 10.0 Å². The average Bonchev–Trinajstić information content (AvgIpc) is 2.83. The first kappa shape index (κ1) is 11.5. The summed E-state index contributed by atoms with van der Waals surface area (Å²) in [5, 5.41) is 15.1. The van der Waals surface area contributed by atoms with Gasteiger partial charge in [0.05, 0.1) is 0 Å². The molecule has 0 bridgehead atoms. The molecule has 0 spiro atoms. The Morgan fingerprint density at radius 2 is 2.16 bits per heavy atom. The maximum atomic E-state index is 11.4. The second-order valence-electron chi connectivity index (χ2n) is 4.30. The molecule has 0 radical (unpaired) electrons. The van der Waals surface area contributed by atoms with Crippen LogP contribution in [0.25, 0.3) is 0 Å². The zero-order chi connectivity index (χ0) is 13.4. The van der Waals surface area contributed by atoms with E-state index in [-0.39, 0.29) is 5.56 Å². The molecule has 0 saturated carbocycles. The van der Waals surface area contributed by atoms with Gasteiger partial charge in [0.25, 0.3) is 5.56 Å². The Morgan fingerprint density at radius 3 is 2.95 bits per heavy atom. The molecular weight excluding hydrogens is 246 g/mol. The first-order valence-electron chi connectivity index (χ1n) is 5.85. The summed E-state index contributed by atoms with van der Waals surface area (Å²) < 4.78 is 0. The van der Waals surface area contributed by atoms with E-state index in [0.717, 1.165) is 18.7 Å². The Labute approximate surface area is 108 Å². The molecule has 0 atom stereocenters. The van der Waals surface area contributed by atoms with E-state index >= 15 is 0 Å². The molecule has 3 rings (SSSR count). The molecule has 2 aromatic rings. The van der Waals surface area contributed by atoms with Crippen molar-refractivity contribution in [1.82, 2.24) is 10.2 Å². The fourth-order valence-corrected chi connectivity index (χ4v) is 2.27. The summed E-state index contributed by atoms with van der Waals surface area (Å²) in [5.74, 6) is -0.806. The van der Waals surface area contributed by atoms with E-state index in [9.17, 15) is 9.59 Å². The topological polar surface area (TPSA) is 86.3 Å². The number of anilines is 2. The Hall–Kier alpha value is -2.63. The molecular formula is C13H11N3O3. The van der Waals surface area contributed by atoms with Gasteiger partial charge >= 0.3 is 5.97 Å². The van der Waals surface area contributed by atoms with Crippen LogP contribution in [0.4, 0.5) is 11.5 Å². The molecule has 19 heavy (non-hydrogen) atoms. The number of aromatic amines is 1. The van der Waals surface area contributed by atoms with Gasteiger partial charge in [0, 0.05) is 18.3 Å². The largest absolute Gasteiger partial charge is 0.477 e. The van der Waals surface area contributed by atoms with E-state index in [1.807, 2.05) is 29.2 Å². The molecule has 0 aliphatic carbocycles. The lowest BCUT2D eigenvalue weighted by molar-refractivity contribution is 0.0694. The zero-order valence-electron chi connectivity index (χ0n) is 9.96. The first-order chi connectivity index (χ1) is 9.16. The second-order valence-corrected chi connectivity index (χ2v) is 4.30. The highest BCUT2D eigenvalue weighted by atomic mass is 16.4. The third kappa shape index (κ3) is 1.87. The molecule has 6 heteroatoms. The molecule has 0 amide bonds. The minimum absolute atomic E-state index is 0.297. The van der Waals surface area contributed by atoms with E-state index in [4.69, 9.17) is 5.11 Å².